The molecule has 1 aliphatic rings. The van der Waals surface area contributed by atoms with E-state index in [0.717, 1.165) is 32.4 Å². The van der Waals surface area contributed by atoms with E-state index in [9.17, 15) is 0 Å². The largest absolute Gasteiger partial charge is 0.252 e. The van der Waals surface area contributed by atoms with E-state index in [4.69, 9.17) is 4.99 Å². The zero-order valence-electron chi connectivity index (χ0n) is 11.3. The Balaban J connectivity index is 3.15. The Hall–Kier alpha value is -0.410. The van der Waals surface area contributed by atoms with E-state index in [2.05, 4.69) is 66.1 Å². The Bertz CT molecular complexity index is 475. The van der Waals surface area contributed by atoms with Gasteiger partial charge in [-0.05, 0) is 59.8 Å². The predicted molar refractivity (Wildman–Crippen MR) is 88.4 cm³/mol. The van der Waals surface area contributed by atoms with Crippen LogP contribution in [0.5, 0.6) is 0 Å². The molecule has 0 fully saturated rings. The lowest BCUT2D eigenvalue weighted by Crippen LogP contribution is -2.07. The molecule has 1 unspecified atom stereocenters. The zero-order valence-corrected chi connectivity index (χ0v) is 14.5. The fourth-order valence-corrected chi connectivity index (χ4v) is 2.40. The van der Waals surface area contributed by atoms with Crippen molar-refractivity contribution in [3.8, 4) is 0 Å². The van der Waals surface area contributed by atoms with Crippen molar-refractivity contribution in [3.63, 3.8) is 0 Å². The van der Waals surface area contributed by atoms with Gasteiger partial charge in [-0.1, -0.05) is 36.4 Å². The lowest BCUT2D eigenvalue weighted by Gasteiger charge is -2.15. The maximum Gasteiger partial charge on any atom is 0.0852 e. The van der Waals surface area contributed by atoms with Crippen LogP contribution in [0.4, 0.5) is 0 Å². The first kappa shape index (κ1) is 15.6. The van der Waals surface area contributed by atoms with Crippen LogP contribution < -0.4 is 0 Å². The maximum absolute atomic E-state index is 4.73. The van der Waals surface area contributed by atoms with Crippen molar-refractivity contribution in [2.45, 2.75) is 34.1 Å². The molecular formula is C15H19Br2N. The van der Waals surface area contributed by atoms with Gasteiger partial charge >= 0.3 is 0 Å². The number of halogens is 2. The fraction of sp³-hybridized carbons (Fsp3) is 0.400. The van der Waals surface area contributed by atoms with Crippen LogP contribution in [0.15, 0.2) is 49.5 Å². The minimum atomic E-state index is 0.563. The summed E-state index contributed by atoms with van der Waals surface area (Å²) in [4.78, 5) is 4.73. The molecule has 0 N–H and O–H groups in total. The Morgan fingerprint density at radius 3 is 2.39 bits per heavy atom. The molecule has 3 heteroatoms. The standard InChI is InChI=1S/C15H19Br2N/c1-6-9(2)10(3)12(5)18-15-11(4)13(16)7-8-14(15)17/h7-9H,4,6H2,1-3,5H3/b12-10-,18-15?. The van der Waals surface area contributed by atoms with Crippen LogP contribution in [0, 0.1) is 5.92 Å². The molecule has 1 rings (SSSR count). The van der Waals surface area contributed by atoms with E-state index in [1.165, 1.54) is 5.57 Å². The Kier molecular flexibility index (Phi) is 5.80. The monoisotopic (exact) mass is 371 g/mol. The number of hydrogen-bond donors (Lipinski definition) is 0. The molecule has 0 aromatic heterocycles. The van der Waals surface area contributed by atoms with E-state index < -0.39 is 0 Å². The SMILES string of the molecule is C=C1C(Br)=CC=C(Br)C1=N/C(C)=C(/C)C(C)CC. The second-order valence-corrected chi connectivity index (χ2v) is 6.25. The van der Waals surface area contributed by atoms with Crippen LogP contribution in [0.1, 0.15) is 34.1 Å². The van der Waals surface area contributed by atoms with Gasteiger partial charge in [-0.2, -0.15) is 0 Å². The van der Waals surface area contributed by atoms with Gasteiger partial charge in [0, 0.05) is 20.2 Å². The lowest BCUT2D eigenvalue weighted by atomic mass is 9.98. The molecule has 18 heavy (non-hydrogen) atoms. The number of allylic oxidation sites excluding steroid dienone is 7. The fourth-order valence-electron chi connectivity index (χ4n) is 1.62. The van der Waals surface area contributed by atoms with Crippen molar-refractivity contribution in [3.05, 3.63) is 44.5 Å². The minimum absolute atomic E-state index is 0.563. The van der Waals surface area contributed by atoms with E-state index in [1.807, 2.05) is 12.2 Å². The van der Waals surface area contributed by atoms with Crippen LogP contribution in [0.3, 0.4) is 0 Å². The second kappa shape index (κ2) is 6.67. The van der Waals surface area contributed by atoms with Crippen LogP contribution in [0.25, 0.3) is 0 Å². The first-order valence-electron chi connectivity index (χ1n) is 6.07. The molecule has 1 nitrogen and oxygen atoms in total. The van der Waals surface area contributed by atoms with Gasteiger partial charge in [0.05, 0.1) is 5.71 Å². The molecule has 0 aromatic carbocycles. The molecule has 0 saturated carbocycles. The third-order valence-electron chi connectivity index (χ3n) is 3.38. The lowest BCUT2D eigenvalue weighted by molar-refractivity contribution is 0.647. The van der Waals surface area contributed by atoms with Crippen LogP contribution >= 0.6 is 31.9 Å². The molecule has 0 bridgehead atoms. The first-order chi connectivity index (χ1) is 8.38. The van der Waals surface area contributed by atoms with Crippen molar-refractivity contribution in [1.82, 2.24) is 0 Å². The highest BCUT2D eigenvalue weighted by Crippen LogP contribution is 2.30. The molecule has 1 atom stereocenters. The number of aliphatic imine (C=N–C) groups is 1. The predicted octanol–water partition coefficient (Wildman–Crippen LogP) is 5.89. The van der Waals surface area contributed by atoms with Crippen LogP contribution in [0.2, 0.25) is 0 Å². The van der Waals surface area contributed by atoms with E-state index >= 15 is 0 Å². The summed E-state index contributed by atoms with van der Waals surface area (Å²) in [6, 6.07) is 0. The summed E-state index contributed by atoms with van der Waals surface area (Å²) in [6.07, 6.45) is 5.10. The topological polar surface area (TPSA) is 12.4 Å². The summed E-state index contributed by atoms with van der Waals surface area (Å²) >= 11 is 7.03. The van der Waals surface area contributed by atoms with Gasteiger partial charge in [-0.15, -0.1) is 0 Å². The third kappa shape index (κ3) is 3.55. The Morgan fingerprint density at radius 2 is 1.83 bits per heavy atom. The molecule has 1 aliphatic carbocycles. The van der Waals surface area contributed by atoms with Crippen molar-refractivity contribution >= 4 is 37.6 Å². The Labute approximate surface area is 127 Å². The van der Waals surface area contributed by atoms with Crippen LogP contribution in [-0.2, 0) is 0 Å². The molecule has 98 valence electrons. The summed E-state index contributed by atoms with van der Waals surface area (Å²) in [5.41, 5.74) is 4.24. The highest BCUT2D eigenvalue weighted by atomic mass is 79.9. The summed E-state index contributed by atoms with van der Waals surface area (Å²) in [6.45, 7) is 12.7. The molecule has 0 heterocycles. The molecule has 0 amide bonds. The van der Waals surface area contributed by atoms with Crippen molar-refractivity contribution in [2.75, 3.05) is 0 Å². The normalized spacial score (nSPS) is 21.4. The summed E-state index contributed by atoms with van der Waals surface area (Å²) in [5.74, 6) is 0.563. The number of hydrogen-bond acceptors (Lipinski definition) is 1. The van der Waals surface area contributed by atoms with Gasteiger partial charge in [0.25, 0.3) is 0 Å². The summed E-state index contributed by atoms with van der Waals surface area (Å²) in [5, 5.41) is 0. The van der Waals surface area contributed by atoms with Crippen molar-refractivity contribution in [1.29, 1.82) is 0 Å². The van der Waals surface area contributed by atoms with Crippen molar-refractivity contribution in [2.24, 2.45) is 10.9 Å². The average molecular weight is 373 g/mol. The average Bonchev–Trinajstić information content (AvgIpc) is 2.37. The van der Waals surface area contributed by atoms with Crippen molar-refractivity contribution < 1.29 is 0 Å². The van der Waals surface area contributed by atoms with Gasteiger partial charge in [0.15, 0.2) is 0 Å². The quantitative estimate of drug-likeness (QED) is 0.585. The Morgan fingerprint density at radius 1 is 1.28 bits per heavy atom. The molecule has 0 aliphatic heterocycles. The number of nitrogens with zero attached hydrogens (tertiary/aromatic N) is 1. The third-order valence-corrected chi connectivity index (χ3v) is 4.76. The van der Waals surface area contributed by atoms with Gasteiger partial charge in [0.2, 0.25) is 0 Å². The van der Waals surface area contributed by atoms with E-state index in [-0.39, 0.29) is 0 Å². The zero-order chi connectivity index (χ0) is 13.9. The van der Waals surface area contributed by atoms with Gasteiger partial charge in [-0.3, -0.25) is 4.99 Å². The molecule has 0 saturated heterocycles. The van der Waals surface area contributed by atoms with Gasteiger partial charge in [-0.25, -0.2) is 0 Å². The van der Waals surface area contributed by atoms with Gasteiger partial charge in [0.1, 0.15) is 0 Å². The molecule has 0 spiro atoms. The molecule has 0 radical (unpaired) electrons. The van der Waals surface area contributed by atoms with E-state index in [1.54, 1.807) is 0 Å². The smallest absolute Gasteiger partial charge is 0.0852 e. The molecule has 0 aromatic rings. The highest BCUT2D eigenvalue weighted by molar-refractivity contribution is 9.12. The summed E-state index contributed by atoms with van der Waals surface area (Å²) in [7, 11) is 0. The van der Waals surface area contributed by atoms with Crippen LogP contribution in [-0.4, -0.2) is 5.71 Å². The molecular weight excluding hydrogens is 354 g/mol. The van der Waals surface area contributed by atoms with E-state index in [0.29, 0.717) is 5.92 Å². The first-order valence-corrected chi connectivity index (χ1v) is 7.66. The minimum Gasteiger partial charge on any atom is -0.252 e. The highest BCUT2D eigenvalue weighted by Gasteiger charge is 2.16. The number of rotatable bonds is 3. The summed E-state index contributed by atoms with van der Waals surface area (Å²) < 4.78 is 1.96. The second-order valence-electron chi connectivity index (χ2n) is 4.55. The van der Waals surface area contributed by atoms with Gasteiger partial charge < -0.3 is 0 Å². The maximum atomic E-state index is 4.73.